The van der Waals surface area contributed by atoms with Crippen LogP contribution in [0.5, 0.6) is 5.75 Å². The van der Waals surface area contributed by atoms with E-state index in [0.29, 0.717) is 24.5 Å². The van der Waals surface area contributed by atoms with Gasteiger partial charge in [0.05, 0.1) is 6.42 Å². The highest BCUT2D eigenvalue weighted by Crippen LogP contribution is 2.37. The molecule has 0 spiro atoms. The van der Waals surface area contributed by atoms with E-state index < -0.39 is 35.5 Å². The van der Waals surface area contributed by atoms with Gasteiger partial charge in [-0.15, -0.1) is 0 Å². The lowest BCUT2D eigenvalue weighted by Crippen LogP contribution is -2.26. The maximum absolute atomic E-state index is 14.1. The first-order valence-corrected chi connectivity index (χ1v) is 9.80. The largest absolute Gasteiger partial charge is 0.432 e. The summed E-state index contributed by atoms with van der Waals surface area (Å²) in [4.78, 5) is 0. The number of halogens is 4. The van der Waals surface area contributed by atoms with Gasteiger partial charge >= 0.3 is 6.11 Å². The molecule has 150 valence electrons. The van der Waals surface area contributed by atoms with Gasteiger partial charge in [-0.2, -0.15) is 14.0 Å². The van der Waals surface area contributed by atoms with Crippen molar-refractivity contribution in [3.8, 4) is 11.8 Å². The molecule has 27 heavy (non-hydrogen) atoms. The van der Waals surface area contributed by atoms with E-state index in [9.17, 15) is 17.6 Å². The minimum Gasteiger partial charge on any atom is -0.432 e. The van der Waals surface area contributed by atoms with Crippen molar-refractivity contribution >= 4 is 0 Å². The van der Waals surface area contributed by atoms with Gasteiger partial charge in [0.15, 0.2) is 0 Å². The summed E-state index contributed by atoms with van der Waals surface area (Å²) in [5, 5.41) is 8.61. The van der Waals surface area contributed by atoms with E-state index in [1.54, 1.807) is 0 Å². The average molecular weight is 385 g/mol. The normalized spacial score (nSPS) is 20.3. The quantitative estimate of drug-likeness (QED) is 0.339. The summed E-state index contributed by atoms with van der Waals surface area (Å²) in [5.41, 5.74) is -0.804. The smallest absolute Gasteiger partial charge is 0.397 e. The Morgan fingerprint density at radius 1 is 1.04 bits per heavy atom. The topological polar surface area (TPSA) is 33.0 Å². The van der Waals surface area contributed by atoms with Crippen molar-refractivity contribution in [3.05, 3.63) is 29.3 Å². The number of alkyl halides is 2. The molecule has 0 radical (unpaired) electrons. The molecule has 0 aromatic heterocycles. The number of rotatable bonds is 9. The first-order valence-electron chi connectivity index (χ1n) is 9.80. The maximum Gasteiger partial charge on any atom is 0.397 e. The monoisotopic (exact) mass is 385 g/mol. The predicted molar refractivity (Wildman–Crippen MR) is 95.5 cm³/mol. The van der Waals surface area contributed by atoms with Crippen molar-refractivity contribution in [2.45, 2.75) is 77.2 Å². The lowest BCUT2D eigenvalue weighted by Gasteiger charge is -2.29. The molecule has 0 heterocycles. The zero-order chi connectivity index (χ0) is 19.9. The summed E-state index contributed by atoms with van der Waals surface area (Å²) in [6.45, 7) is 2.18. The molecule has 1 aromatic rings. The molecule has 0 aliphatic heterocycles. The lowest BCUT2D eigenvalue weighted by molar-refractivity contribution is -0.183. The van der Waals surface area contributed by atoms with E-state index in [0.717, 1.165) is 25.7 Å². The van der Waals surface area contributed by atoms with Crippen LogP contribution < -0.4 is 4.74 Å². The number of benzene rings is 1. The number of hydrogen-bond acceptors (Lipinski definition) is 2. The highest BCUT2D eigenvalue weighted by Gasteiger charge is 2.34. The second-order valence-electron chi connectivity index (χ2n) is 7.53. The molecule has 1 aliphatic carbocycles. The second-order valence-corrected chi connectivity index (χ2v) is 7.53. The minimum atomic E-state index is -3.50. The number of unbranched alkanes of at least 4 members (excludes halogenated alkanes) is 2. The molecule has 1 aromatic carbocycles. The van der Waals surface area contributed by atoms with Crippen LogP contribution >= 0.6 is 0 Å². The Hall–Kier alpha value is -1.77. The highest BCUT2D eigenvalue weighted by atomic mass is 19.3. The predicted octanol–water partition coefficient (Wildman–Crippen LogP) is 6.97. The van der Waals surface area contributed by atoms with Gasteiger partial charge in [-0.05, 0) is 18.3 Å². The number of nitrogens with zero attached hydrogens (tertiary/aromatic N) is 1. The van der Waals surface area contributed by atoms with Crippen molar-refractivity contribution in [1.29, 1.82) is 5.26 Å². The van der Waals surface area contributed by atoms with Gasteiger partial charge < -0.3 is 4.74 Å². The Kier molecular flexibility index (Phi) is 7.94. The molecule has 0 bridgehead atoms. The summed E-state index contributed by atoms with van der Waals surface area (Å²) < 4.78 is 59.7. The van der Waals surface area contributed by atoms with Gasteiger partial charge in [0.25, 0.3) is 0 Å². The fraction of sp³-hybridized carbons (Fsp3) is 0.667. The van der Waals surface area contributed by atoms with Crippen molar-refractivity contribution in [3.63, 3.8) is 0 Å². The van der Waals surface area contributed by atoms with Gasteiger partial charge in [-0.1, -0.05) is 58.3 Å². The summed E-state index contributed by atoms with van der Waals surface area (Å²) in [5.74, 6) is -2.05. The molecule has 1 aliphatic rings. The molecule has 0 saturated heterocycles. The van der Waals surface area contributed by atoms with Gasteiger partial charge in [0.1, 0.15) is 29.0 Å². The zero-order valence-electron chi connectivity index (χ0n) is 15.7. The molecule has 0 N–H and O–H groups in total. The maximum atomic E-state index is 14.1. The third kappa shape index (κ3) is 6.71. The van der Waals surface area contributed by atoms with Gasteiger partial charge in [0.2, 0.25) is 0 Å². The van der Waals surface area contributed by atoms with Crippen LogP contribution in [0.2, 0.25) is 0 Å². The van der Waals surface area contributed by atoms with E-state index in [4.69, 9.17) is 5.26 Å². The molecular formula is C21H27F4NO. The van der Waals surface area contributed by atoms with Crippen LogP contribution in [0.1, 0.15) is 76.7 Å². The minimum absolute atomic E-state index is 0.247. The van der Waals surface area contributed by atoms with Crippen molar-refractivity contribution in [1.82, 2.24) is 0 Å². The van der Waals surface area contributed by atoms with E-state index in [-0.39, 0.29) is 5.92 Å². The summed E-state index contributed by atoms with van der Waals surface area (Å²) in [6.07, 6.45) is 5.37. The summed E-state index contributed by atoms with van der Waals surface area (Å²) in [7, 11) is 0. The first-order chi connectivity index (χ1) is 12.8. The average Bonchev–Trinajstić information content (AvgIpc) is 2.61. The molecule has 1 fully saturated rings. The van der Waals surface area contributed by atoms with Crippen molar-refractivity contribution in [2.75, 3.05) is 0 Å². The molecule has 0 atom stereocenters. The second kappa shape index (κ2) is 9.96. The Labute approximate surface area is 158 Å². The third-order valence-electron chi connectivity index (χ3n) is 5.42. The van der Waals surface area contributed by atoms with Crippen LogP contribution in [-0.2, 0) is 0 Å². The molecule has 2 rings (SSSR count). The van der Waals surface area contributed by atoms with Crippen LogP contribution in [0, 0.1) is 34.8 Å². The van der Waals surface area contributed by atoms with Crippen LogP contribution in [0.15, 0.2) is 12.1 Å². The van der Waals surface area contributed by atoms with Gasteiger partial charge in [-0.3, -0.25) is 0 Å². The SMILES string of the molecule is CCCCCC1CCC(CCC(F)(F)Oc2cc(F)c(C#N)c(F)c2)CC1. The molecule has 1 saturated carbocycles. The fourth-order valence-electron chi connectivity index (χ4n) is 3.80. The highest BCUT2D eigenvalue weighted by molar-refractivity contribution is 5.37. The third-order valence-corrected chi connectivity index (χ3v) is 5.42. The van der Waals surface area contributed by atoms with Crippen LogP contribution in [0.25, 0.3) is 0 Å². The zero-order valence-corrected chi connectivity index (χ0v) is 15.7. The van der Waals surface area contributed by atoms with E-state index in [1.165, 1.54) is 31.8 Å². The molecular weight excluding hydrogens is 358 g/mol. The summed E-state index contributed by atoms with van der Waals surface area (Å²) in [6, 6.07) is 2.59. The molecule has 0 amide bonds. The number of hydrogen-bond donors (Lipinski definition) is 0. The van der Waals surface area contributed by atoms with Crippen molar-refractivity contribution in [2.24, 2.45) is 11.8 Å². The summed E-state index contributed by atoms with van der Waals surface area (Å²) >= 11 is 0. The van der Waals surface area contributed by atoms with Crippen LogP contribution in [0.3, 0.4) is 0 Å². The van der Waals surface area contributed by atoms with E-state index >= 15 is 0 Å². The van der Waals surface area contributed by atoms with Gasteiger partial charge in [-0.25, -0.2) is 8.78 Å². The number of ether oxygens (including phenoxy) is 1. The van der Waals surface area contributed by atoms with Crippen molar-refractivity contribution < 1.29 is 22.3 Å². The van der Waals surface area contributed by atoms with E-state index in [2.05, 4.69) is 11.7 Å². The first kappa shape index (κ1) is 21.5. The molecule has 6 heteroatoms. The Balaban J connectivity index is 1.80. The Morgan fingerprint density at radius 3 is 2.11 bits per heavy atom. The standard InChI is InChI=1S/C21H27F4NO/c1-2-3-4-5-15-6-8-16(9-7-15)10-11-21(24,25)27-17-12-19(22)18(14-26)20(23)13-17/h12-13,15-16H,2-11H2,1H3. The van der Waals surface area contributed by atoms with Crippen LogP contribution in [0.4, 0.5) is 17.6 Å². The fourth-order valence-corrected chi connectivity index (χ4v) is 3.80. The lowest BCUT2D eigenvalue weighted by atomic mass is 9.78. The Bertz CT molecular complexity index is 625. The molecule has 2 nitrogen and oxygen atoms in total. The van der Waals surface area contributed by atoms with Gasteiger partial charge in [0, 0.05) is 12.1 Å². The molecule has 0 unspecified atom stereocenters. The number of nitriles is 1. The Morgan fingerprint density at radius 2 is 1.59 bits per heavy atom. The van der Waals surface area contributed by atoms with Crippen LogP contribution in [-0.4, -0.2) is 6.11 Å². The van der Waals surface area contributed by atoms with E-state index in [1.807, 2.05) is 0 Å².